The number of hydrogen-bond donors (Lipinski definition) is 3. The first-order valence-corrected chi connectivity index (χ1v) is 10.2. The van der Waals surface area contributed by atoms with Crippen molar-refractivity contribution in [3.05, 3.63) is 42.5 Å². The molecule has 0 radical (unpaired) electrons. The molecule has 1 heterocycles. The third-order valence-corrected chi connectivity index (χ3v) is 4.94. The molecule has 2 aliphatic rings. The SMILES string of the molecule is CCCCNC(=O)NSc1cccc2c3cccc(NC(C)C)c3nc-2c1. The smallest absolute Gasteiger partial charge is 0.325 e. The lowest BCUT2D eigenvalue weighted by atomic mass is 10.1. The van der Waals surface area contributed by atoms with Gasteiger partial charge in [-0.3, -0.25) is 4.72 Å². The highest BCUT2D eigenvalue weighted by atomic mass is 32.2. The van der Waals surface area contributed by atoms with Gasteiger partial charge in [-0.25, -0.2) is 9.78 Å². The van der Waals surface area contributed by atoms with Crippen molar-refractivity contribution in [1.82, 2.24) is 15.0 Å². The number of unbranched alkanes of at least 4 members (excludes halogenated alkanes) is 1. The van der Waals surface area contributed by atoms with Gasteiger partial charge in [0.25, 0.3) is 0 Å². The molecule has 2 amide bonds. The molecule has 6 heteroatoms. The number of fused-ring (bicyclic) bond motifs is 3. The number of nitrogens with one attached hydrogen (secondary N) is 3. The van der Waals surface area contributed by atoms with E-state index in [0.717, 1.165) is 45.6 Å². The second-order valence-corrected chi connectivity index (χ2v) is 7.68. The summed E-state index contributed by atoms with van der Waals surface area (Å²) in [5.41, 5.74) is 4.05. The minimum Gasteiger partial charge on any atom is -0.381 e. The van der Waals surface area contributed by atoms with Gasteiger partial charge < -0.3 is 10.6 Å². The molecule has 3 N–H and O–H groups in total. The quantitative estimate of drug-likeness (QED) is 0.385. The summed E-state index contributed by atoms with van der Waals surface area (Å²) in [5, 5.41) is 7.45. The van der Waals surface area contributed by atoms with E-state index in [0.29, 0.717) is 12.6 Å². The number of aromatic nitrogens is 1. The fourth-order valence-corrected chi connectivity index (χ4v) is 3.52. The Hall–Kier alpha value is -2.47. The predicted molar refractivity (Wildman–Crippen MR) is 114 cm³/mol. The van der Waals surface area contributed by atoms with Gasteiger partial charge in [0, 0.05) is 28.4 Å². The molecule has 1 aromatic rings. The van der Waals surface area contributed by atoms with Crippen LogP contribution in [-0.2, 0) is 0 Å². The molecule has 0 unspecified atom stereocenters. The maximum Gasteiger partial charge on any atom is 0.325 e. The van der Waals surface area contributed by atoms with Gasteiger partial charge >= 0.3 is 6.03 Å². The van der Waals surface area contributed by atoms with E-state index in [9.17, 15) is 4.79 Å². The van der Waals surface area contributed by atoms with E-state index in [1.165, 1.54) is 11.9 Å². The normalized spacial score (nSPS) is 11.1. The molecule has 3 rings (SSSR count). The van der Waals surface area contributed by atoms with Crippen molar-refractivity contribution in [3.63, 3.8) is 0 Å². The summed E-state index contributed by atoms with van der Waals surface area (Å²) < 4.78 is 2.83. The Labute approximate surface area is 164 Å². The number of urea groups is 1. The van der Waals surface area contributed by atoms with Crippen LogP contribution in [0.2, 0.25) is 0 Å². The van der Waals surface area contributed by atoms with Crippen molar-refractivity contribution < 1.29 is 4.79 Å². The van der Waals surface area contributed by atoms with Gasteiger partial charge in [-0.1, -0.05) is 37.6 Å². The van der Waals surface area contributed by atoms with E-state index in [1.54, 1.807) is 0 Å². The van der Waals surface area contributed by atoms with Crippen LogP contribution >= 0.6 is 11.9 Å². The molecule has 5 nitrogen and oxygen atoms in total. The Morgan fingerprint density at radius 1 is 1.19 bits per heavy atom. The van der Waals surface area contributed by atoms with Gasteiger partial charge in [0.1, 0.15) is 0 Å². The summed E-state index contributed by atoms with van der Waals surface area (Å²) in [6.45, 7) is 7.03. The summed E-state index contributed by atoms with van der Waals surface area (Å²) >= 11 is 1.30. The fourth-order valence-electron chi connectivity index (χ4n) is 2.92. The first kappa shape index (κ1) is 19.3. The van der Waals surface area contributed by atoms with Gasteiger partial charge in [-0.05, 0) is 50.4 Å². The number of hydrogen-bond acceptors (Lipinski definition) is 4. The van der Waals surface area contributed by atoms with E-state index in [4.69, 9.17) is 4.98 Å². The summed E-state index contributed by atoms with van der Waals surface area (Å²) in [5.74, 6) is 0. The molecule has 0 aromatic heterocycles. The Morgan fingerprint density at radius 2 is 2.00 bits per heavy atom. The molecule has 0 fully saturated rings. The second-order valence-electron chi connectivity index (χ2n) is 6.80. The molecular weight excluding hydrogens is 356 g/mol. The van der Waals surface area contributed by atoms with Gasteiger partial charge in [-0.15, -0.1) is 0 Å². The number of para-hydroxylation sites is 1. The average molecular weight is 383 g/mol. The van der Waals surface area contributed by atoms with Gasteiger partial charge in [0.2, 0.25) is 0 Å². The van der Waals surface area contributed by atoms with Crippen LogP contribution in [0, 0.1) is 0 Å². The van der Waals surface area contributed by atoms with Crippen LogP contribution in [0.3, 0.4) is 0 Å². The second kappa shape index (κ2) is 8.95. The van der Waals surface area contributed by atoms with Gasteiger partial charge in [-0.2, -0.15) is 0 Å². The largest absolute Gasteiger partial charge is 0.381 e. The fraction of sp³-hybridized carbons (Fsp3) is 0.333. The molecule has 142 valence electrons. The van der Waals surface area contributed by atoms with Crippen molar-refractivity contribution in [3.8, 4) is 11.3 Å². The molecule has 0 bridgehead atoms. The van der Waals surface area contributed by atoms with Crippen LogP contribution in [0.4, 0.5) is 10.5 Å². The van der Waals surface area contributed by atoms with Crippen LogP contribution in [0.25, 0.3) is 22.2 Å². The molecule has 0 saturated heterocycles. The first-order valence-electron chi connectivity index (χ1n) is 9.38. The topological polar surface area (TPSA) is 66.1 Å². The maximum atomic E-state index is 11.9. The molecule has 27 heavy (non-hydrogen) atoms. The molecule has 0 spiro atoms. The lowest BCUT2D eigenvalue weighted by Crippen LogP contribution is -2.31. The lowest BCUT2D eigenvalue weighted by molar-refractivity contribution is 0.246. The number of benzene rings is 1. The van der Waals surface area contributed by atoms with Crippen LogP contribution in [-0.4, -0.2) is 23.6 Å². The standard InChI is InChI=1S/C21H26N4OS/c1-4-5-12-22-21(26)25-27-15-8-6-9-16-17-10-7-11-18(23-14(2)3)20(17)24-19(16)13-15/h6-11,13-14,23H,4-5,12H2,1-3H3,(H2,22,25,26). The number of carbonyl (C=O) groups is 1. The van der Waals surface area contributed by atoms with Crippen LogP contribution < -0.4 is 15.4 Å². The van der Waals surface area contributed by atoms with Crippen LogP contribution in [0.1, 0.15) is 33.6 Å². The Morgan fingerprint density at radius 3 is 2.78 bits per heavy atom. The monoisotopic (exact) mass is 382 g/mol. The first-order chi connectivity index (χ1) is 13.1. The summed E-state index contributed by atoms with van der Waals surface area (Å²) in [7, 11) is 0. The molecule has 1 aliphatic heterocycles. The molecular formula is C21H26N4OS. The highest BCUT2D eigenvalue weighted by Gasteiger charge is 2.14. The molecule has 0 saturated carbocycles. The van der Waals surface area contributed by atoms with Crippen LogP contribution in [0.5, 0.6) is 0 Å². The molecule has 1 aromatic carbocycles. The third-order valence-electron chi connectivity index (χ3n) is 4.16. The zero-order valence-corrected chi connectivity index (χ0v) is 16.8. The molecule has 1 aliphatic carbocycles. The van der Waals surface area contributed by atoms with Crippen molar-refractivity contribution in [1.29, 1.82) is 0 Å². The zero-order chi connectivity index (χ0) is 19.2. The van der Waals surface area contributed by atoms with Crippen LogP contribution in [0.15, 0.2) is 47.4 Å². The van der Waals surface area contributed by atoms with E-state index in [2.05, 4.69) is 60.4 Å². The minimum absolute atomic E-state index is 0.166. The summed E-state index contributed by atoms with van der Waals surface area (Å²) in [6.07, 6.45) is 2.04. The number of anilines is 1. The maximum absolute atomic E-state index is 11.9. The summed E-state index contributed by atoms with van der Waals surface area (Å²) in [6, 6.07) is 14.5. The van der Waals surface area contributed by atoms with Crippen molar-refractivity contribution in [2.45, 2.75) is 44.6 Å². The van der Waals surface area contributed by atoms with Crippen molar-refractivity contribution in [2.24, 2.45) is 0 Å². The average Bonchev–Trinajstić information content (AvgIpc) is 2.85. The van der Waals surface area contributed by atoms with Crippen molar-refractivity contribution >= 4 is 34.6 Å². The Kier molecular flexibility index (Phi) is 6.40. The number of carbonyl (C=O) groups excluding carboxylic acids is 1. The van der Waals surface area contributed by atoms with E-state index < -0.39 is 0 Å². The summed E-state index contributed by atoms with van der Waals surface area (Å²) in [4.78, 5) is 17.6. The van der Waals surface area contributed by atoms with E-state index in [-0.39, 0.29) is 6.03 Å². The Bertz CT molecular complexity index is 897. The number of amides is 2. The lowest BCUT2D eigenvalue weighted by Gasteiger charge is -2.10. The Balaban J connectivity index is 1.82. The van der Waals surface area contributed by atoms with Gasteiger partial charge in [0.05, 0.1) is 16.9 Å². The number of nitrogens with zero attached hydrogens (tertiary/aromatic N) is 1. The highest BCUT2D eigenvalue weighted by molar-refractivity contribution is 7.98. The third kappa shape index (κ3) is 4.83. The highest BCUT2D eigenvalue weighted by Crippen LogP contribution is 2.35. The van der Waals surface area contributed by atoms with Crippen molar-refractivity contribution in [2.75, 3.05) is 11.9 Å². The van der Waals surface area contributed by atoms with Gasteiger partial charge in [0.15, 0.2) is 0 Å². The predicted octanol–water partition coefficient (Wildman–Crippen LogP) is 5.27. The van der Waals surface area contributed by atoms with E-state index >= 15 is 0 Å². The zero-order valence-electron chi connectivity index (χ0n) is 16.0. The minimum atomic E-state index is -0.166. The van der Waals surface area contributed by atoms with E-state index in [1.807, 2.05) is 18.2 Å². The number of rotatable bonds is 7. The molecule has 0 atom stereocenters.